The molecule has 2 atom stereocenters. The Labute approximate surface area is 330 Å². The Morgan fingerprint density at radius 3 is 1.14 bits per heavy atom. The molecule has 0 saturated carbocycles. The minimum atomic E-state index is -1.52. The Balaban J connectivity index is 1.20. The number of Topliss-reactive ketones (excluding diaryl/α,β-unsaturated/α-hetero) is 2. The number of hydrogen-bond donors (Lipinski definition) is 4. The minimum Gasteiger partial charge on any atom is -0.324 e. The Kier molecular flexibility index (Phi) is 13.6. The molecule has 16 heteroatoms. The van der Waals surface area contributed by atoms with Crippen LogP contribution in [-0.2, 0) is 19.2 Å². The fourth-order valence-electron chi connectivity index (χ4n) is 4.88. The zero-order valence-electron chi connectivity index (χ0n) is 29.7. The first-order valence-electron chi connectivity index (χ1n) is 16.7. The molecule has 282 valence electrons. The monoisotopic (exact) mass is 790 g/mol. The van der Waals surface area contributed by atoms with E-state index in [1.54, 1.807) is 60.7 Å². The summed E-state index contributed by atoms with van der Waals surface area (Å²) in [6.07, 6.45) is 0. The summed E-state index contributed by atoms with van der Waals surface area (Å²) in [6, 6.07) is 28.9. The molecule has 0 fully saturated rings. The summed E-state index contributed by atoms with van der Waals surface area (Å²) < 4.78 is 0. The van der Waals surface area contributed by atoms with E-state index in [4.69, 9.17) is 23.2 Å². The van der Waals surface area contributed by atoms with Gasteiger partial charge in [0, 0.05) is 22.7 Å². The number of benzene rings is 5. The normalized spacial score (nSPS) is 12.1. The summed E-state index contributed by atoms with van der Waals surface area (Å²) in [5, 5.41) is 26.8. The van der Waals surface area contributed by atoms with Crippen LogP contribution in [0.5, 0.6) is 0 Å². The maximum absolute atomic E-state index is 13.1. The van der Waals surface area contributed by atoms with Crippen LogP contribution in [0.15, 0.2) is 142 Å². The quantitative estimate of drug-likeness (QED) is 0.0639. The van der Waals surface area contributed by atoms with Crippen LogP contribution in [0.1, 0.15) is 34.6 Å². The van der Waals surface area contributed by atoms with E-state index in [1.807, 2.05) is 0 Å². The fraction of sp³-hybridized carbons (Fsp3) is 0.100. The van der Waals surface area contributed by atoms with Crippen molar-refractivity contribution in [2.45, 2.75) is 25.9 Å². The van der Waals surface area contributed by atoms with Gasteiger partial charge in [0.1, 0.15) is 0 Å². The number of amides is 4. The topological polar surface area (TPSA) is 200 Å². The molecule has 5 rings (SSSR count). The van der Waals surface area contributed by atoms with Crippen LogP contribution in [0.3, 0.4) is 0 Å². The summed E-state index contributed by atoms with van der Waals surface area (Å²) in [6.45, 7) is 2.36. The number of rotatable bonds is 14. The second-order valence-electron chi connectivity index (χ2n) is 12.0. The van der Waals surface area contributed by atoms with E-state index in [0.29, 0.717) is 11.4 Å². The summed E-state index contributed by atoms with van der Waals surface area (Å²) in [5.74, 6) is -3.73. The molecule has 5 aromatic carbocycles. The van der Waals surface area contributed by atoms with Gasteiger partial charge in [-0.3, -0.25) is 28.8 Å². The summed E-state index contributed by atoms with van der Waals surface area (Å²) >= 11 is 12.5. The van der Waals surface area contributed by atoms with Crippen molar-refractivity contribution < 1.29 is 28.8 Å². The Morgan fingerprint density at radius 2 is 0.804 bits per heavy atom. The van der Waals surface area contributed by atoms with Gasteiger partial charge in [0.05, 0.1) is 32.5 Å². The lowest BCUT2D eigenvalue weighted by Crippen LogP contribution is -2.32. The highest BCUT2D eigenvalue weighted by Crippen LogP contribution is 2.26. The molecule has 0 spiro atoms. The van der Waals surface area contributed by atoms with Crippen molar-refractivity contribution in [2.24, 2.45) is 20.5 Å². The molecule has 0 bridgehead atoms. The van der Waals surface area contributed by atoms with Crippen molar-refractivity contribution in [3.8, 4) is 0 Å². The van der Waals surface area contributed by atoms with E-state index in [1.165, 1.54) is 74.5 Å². The maximum atomic E-state index is 13.1. The van der Waals surface area contributed by atoms with Crippen LogP contribution in [-0.4, -0.2) is 47.3 Å². The number of ketones is 2. The molecule has 14 nitrogen and oxygen atoms in total. The average Bonchev–Trinajstić information content (AvgIpc) is 3.17. The predicted molar refractivity (Wildman–Crippen MR) is 213 cm³/mol. The van der Waals surface area contributed by atoms with Crippen LogP contribution >= 0.6 is 23.2 Å². The highest BCUT2D eigenvalue weighted by atomic mass is 35.5. The molecule has 0 heterocycles. The van der Waals surface area contributed by atoms with Crippen molar-refractivity contribution >= 4 is 92.5 Å². The molecule has 5 aromatic rings. The number of azo groups is 2. The Hall–Kier alpha value is -6.90. The van der Waals surface area contributed by atoms with Gasteiger partial charge < -0.3 is 21.3 Å². The van der Waals surface area contributed by atoms with E-state index in [2.05, 4.69) is 41.7 Å². The third-order valence-electron chi connectivity index (χ3n) is 7.72. The Bertz CT molecular complexity index is 2170. The van der Waals surface area contributed by atoms with Gasteiger partial charge in [0.15, 0.2) is 11.6 Å². The molecule has 0 saturated heterocycles. The number of para-hydroxylation sites is 2. The molecule has 4 N–H and O–H groups in total. The van der Waals surface area contributed by atoms with Gasteiger partial charge in [-0.25, -0.2) is 0 Å². The van der Waals surface area contributed by atoms with E-state index in [-0.39, 0.29) is 43.9 Å². The third-order valence-corrected chi connectivity index (χ3v) is 8.38. The third kappa shape index (κ3) is 11.1. The molecule has 0 aliphatic carbocycles. The highest BCUT2D eigenvalue weighted by molar-refractivity contribution is 6.35. The van der Waals surface area contributed by atoms with E-state index in [9.17, 15) is 28.8 Å². The molecular weight excluding hydrogens is 759 g/mol. The number of carbonyl (C=O) groups is 6. The maximum Gasteiger partial charge on any atom is 0.258 e. The van der Waals surface area contributed by atoms with Crippen molar-refractivity contribution in [3.05, 3.63) is 142 Å². The first kappa shape index (κ1) is 40.3. The molecular formula is C40H32Cl2N8O6. The zero-order valence-corrected chi connectivity index (χ0v) is 31.2. The molecule has 4 amide bonds. The van der Waals surface area contributed by atoms with Crippen molar-refractivity contribution in [1.29, 1.82) is 0 Å². The number of nitrogens with one attached hydrogen (secondary N) is 4. The van der Waals surface area contributed by atoms with Crippen molar-refractivity contribution in [3.63, 3.8) is 0 Å². The minimum absolute atomic E-state index is 0.112. The standard InChI is InChI=1S/C40H32Cl2N8O6/c1-23(51)35(49-47-29-17-19-33(41)31(21-29)37(53)43-25-9-5-3-6-10-25)39(55)45-27-13-15-28(16-14-27)46-40(56)36(24(2)52)50-48-30-18-20-34(42)32(22-30)38(54)44-26-11-7-4-8-12-26/h3-22,35-36H,1-2H3,(H,43,53)(H,44,54)(H,45,55)(H,46,56). The van der Waals surface area contributed by atoms with Gasteiger partial charge in [-0.2, -0.15) is 20.5 Å². The first-order chi connectivity index (χ1) is 26.9. The Morgan fingerprint density at radius 1 is 0.464 bits per heavy atom. The van der Waals surface area contributed by atoms with E-state index < -0.39 is 47.3 Å². The lowest BCUT2D eigenvalue weighted by Gasteiger charge is -2.12. The van der Waals surface area contributed by atoms with Gasteiger partial charge in [-0.05, 0) is 98.8 Å². The lowest BCUT2D eigenvalue weighted by molar-refractivity contribution is -0.127. The van der Waals surface area contributed by atoms with Crippen LogP contribution in [0.2, 0.25) is 10.0 Å². The largest absolute Gasteiger partial charge is 0.324 e. The van der Waals surface area contributed by atoms with Crippen molar-refractivity contribution in [1.82, 2.24) is 0 Å². The molecule has 0 aliphatic rings. The van der Waals surface area contributed by atoms with Crippen LogP contribution in [0.25, 0.3) is 0 Å². The molecule has 0 aromatic heterocycles. The van der Waals surface area contributed by atoms with E-state index >= 15 is 0 Å². The van der Waals surface area contributed by atoms with Gasteiger partial charge in [0.25, 0.3) is 23.6 Å². The zero-order chi connectivity index (χ0) is 40.2. The number of anilines is 4. The number of hydrogen-bond acceptors (Lipinski definition) is 10. The summed E-state index contributed by atoms with van der Waals surface area (Å²) in [5.41, 5.74) is 2.23. The molecule has 0 aliphatic heterocycles. The van der Waals surface area contributed by atoms with Gasteiger partial charge in [-0.15, -0.1) is 0 Å². The summed E-state index contributed by atoms with van der Waals surface area (Å²) in [7, 11) is 0. The van der Waals surface area contributed by atoms with Gasteiger partial charge in [-0.1, -0.05) is 59.6 Å². The highest BCUT2D eigenvalue weighted by Gasteiger charge is 2.25. The molecule has 2 unspecified atom stereocenters. The molecule has 0 radical (unpaired) electrons. The van der Waals surface area contributed by atoms with Gasteiger partial charge in [0.2, 0.25) is 12.1 Å². The SMILES string of the molecule is CC(=O)C(N=Nc1ccc(Cl)c(C(=O)Nc2ccccc2)c1)C(=O)Nc1ccc(NC(=O)C(N=Nc2ccc(Cl)c(C(=O)Nc3ccccc3)c2)C(C)=O)cc1. The van der Waals surface area contributed by atoms with E-state index in [0.717, 1.165) is 0 Å². The summed E-state index contributed by atoms with van der Waals surface area (Å²) in [4.78, 5) is 76.5. The number of carbonyl (C=O) groups excluding carboxylic acids is 6. The van der Waals surface area contributed by atoms with Crippen LogP contribution < -0.4 is 21.3 Å². The van der Waals surface area contributed by atoms with Crippen LogP contribution in [0.4, 0.5) is 34.1 Å². The predicted octanol–water partition coefficient (Wildman–Crippen LogP) is 8.86. The fourth-order valence-corrected chi connectivity index (χ4v) is 5.29. The number of halogens is 2. The van der Waals surface area contributed by atoms with Crippen molar-refractivity contribution in [2.75, 3.05) is 21.3 Å². The smallest absolute Gasteiger partial charge is 0.258 e. The second kappa shape index (κ2) is 18.9. The van der Waals surface area contributed by atoms with Crippen LogP contribution in [0, 0.1) is 0 Å². The molecule has 56 heavy (non-hydrogen) atoms. The van der Waals surface area contributed by atoms with Gasteiger partial charge >= 0.3 is 0 Å². The average molecular weight is 792 g/mol. The first-order valence-corrected chi connectivity index (χ1v) is 17.5. The number of nitrogens with zero attached hydrogens (tertiary/aromatic N) is 4. The second-order valence-corrected chi connectivity index (χ2v) is 12.8. The lowest BCUT2D eigenvalue weighted by atomic mass is 10.1.